The first kappa shape index (κ1) is 8.90. The molecule has 0 fully saturated rings. The smallest absolute Gasteiger partial charge is 0.263 e. The third kappa shape index (κ3) is 1.20. The Kier molecular flexibility index (Phi) is 2.05. The van der Waals surface area contributed by atoms with Gasteiger partial charge < -0.3 is 5.11 Å². The van der Waals surface area contributed by atoms with Crippen molar-refractivity contribution in [3.63, 3.8) is 0 Å². The van der Waals surface area contributed by atoms with Crippen molar-refractivity contribution in [3.8, 4) is 0 Å². The third-order valence-corrected chi connectivity index (χ3v) is 2.21. The van der Waals surface area contributed by atoms with Crippen LogP contribution in [0.25, 0.3) is 10.9 Å². The van der Waals surface area contributed by atoms with Gasteiger partial charge in [0.1, 0.15) is 13.1 Å². The molecule has 2 aromatic rings. The zero-order valence-electron chi connectivity index (χ0n) is 7.77. The van der Waals surface area contributed by atoms with Gasteiger partial charge in [0.25, 0.3) is 5.56 Å². The van der Waals surface area contributed by atoms with Gasteiger partial charge in [-0.25, -0.2) is 4.98 Å². The first-order chi connectivity index (χ1) is 6.74. The molecule has 72 valence electrons. The van der Waals surface area contributed by atoms with E-state index in [2.05, 4.69) is 4.98 Å². The first-order valence-electron chi connectivity index (χ1n) is 4.29. The van der Waals surface area contributed by atoms with E-state index in [0.29, 0.717) is 10.9 Å². The van der Waals surface area contributed by atoms with Crippen molar-refractivity contribution in [2.45, 2.75) is 13.7 Å². The largest absolute Gasteiger partial charge is 0.376 e. The van der Waals surface area contributed by atoms with Crippen LogP contribution >= 0.6 is 0 Å². The zero-order valence-corrected chi connectivity index (χ0v) is 7.77. The van der Waals surface area contributed by atoms with E-state index in [-0.39, 0.29) is 12.3 Å². The third-order valence-electron chi connectivity index (χ3n) is 2.21. The van der Waals surface area contributed by atoms with Gasteiger partial charge >= 0.3 is 0 Å². The van der Waals surface area contributed by atoms with Crippen LogP contribution in [0.2, 0.25) is 0 Å². The highest BCUT2D eigenvalue weighted by Gasteiger charge is 2.03. The Morgan fingerprint density at radius 2 is 2.29 bits per heavy atom. The topological polar surface area (TPSA) is 55.1 Å². The Balaban J connectivity index is 2.91. The lowest BCUT2D eigenvalue weighted by Gasteiger charge is -2.03. The highest BCUT2D eigenvalue weighted by molar-refractivity contribution is 5.80. The van der Waals surface area contributed by atoms with E-state index in [0.717, 1.165) is 5.56 Å². The lowest BCUT2D eigenvalue weighted by molar-refractivity contribution is 0.205. The average molecular weight is 190 g/mol. The van der Waals surface area contributed by atoms with Crippen LogP contribution in [0.15, 0.2) is 29.3 Å². The van der Waals surface area contributed by atoms with E-state index in [9.17, 15) is 4.79 Å². The van der Waals surface area contributed by atoms with Crippen molar-refractivity contribution >= 4 is 10.9 Å². The molecule has 0 saturated heterocycles. The van der Waals surface area contributed by atoms with E-state index in [1.54, 1.807) is 6.07 Å². The fourth-order valence-corrected chi connectivity index (χ4v) is 1.44. The van der Waals surface area contributed by atoms with Gasteiger partial charge in [-0.3, -0.25) is 9.36 Å². The van der Waals surface area contributed by atoms with Crippen molar-refractivity contribution in [3.05, 3.63) is 40.4 Å². The number of aryl methyl sites for hydroxylation is 1. The summed E-state index contributed by atoms with van der Waals surface area (Å²) in [5, 5.41) is 9.41. The van der Waals surface area contributed by atoms with Crippen LogP contribution in [-0.2, 0) is 6.73 Å². The molecule has 1 heterocycles. The summed E-state index contributed by atoms with van der Waals surface area (Å²) in [4.78, 5) is 15.8. The number of para-hydroxylation sites is 1. The van der Waals surface area contributed by atoms with Crippen LogP contribution < -0.4 is 5.56 Å². The Hall–Kier alpha value is -1.68. The molecule has 0 aliphatic rings. The van der Waals surface area contributed by atoms with E-state index < -0.39 is 0 Å². The Morgan fingerprint density at radius 3 is 3.00 bits per heavy atom. The summed E-state index contributed by atoms with van der Waals surface area (Å²) in [6.07, 6.45) is 1.36. The van der Waals surface area contributed by atoms with E-state index in [1.807, 2.05) is 19.1 Å². The number of hydrogen-bond donors (Lipinski definition) is 1. The molecule has 1 aromatic heterocycles. The van der Waals surface area contributed by atoms with Gasteiger partial charge in [0.15, 0.2) is 0 Å². The predicted molar refractivity (Wildman–Crippen MR) is 53.0 cm³/mol. The summed E-state index contributed by atoms with van der Waals surface area (Å²) in [7, 11) is 0. The number of aliphatic hydroxyl groups excluding tert-OH is 1. The lowest BCUT2D eigenvalue weighted by atomic mass is 10.1. The second-order valence-corrected chi connectivity index (χ2v) is 3.13. The molecule has 0 atom stereocenters. The van der Waals surface area contributed by atoms with Gasteiger partial charge in [0, 0.05) is 0 Å². The molecule has 1 aromatic carbocycles. The van der Waals surface area contributed by atoms with Crippen molar-refractivity contribution < 1.29 is 5.11 Å². The van der Waals surface area contributed by atoms with Crippen molar-refractivity contribution in [1.29, 1.82) is 0 Å². The molecule has 0 aliphatic heterocycles. The first-order valence-corrected chi connectivity index (χ1v) is 4.29. The summed E-state index contributed by atoms with van der Waals surface area (Å²) < 4.78 is 1.17. The molecule has 0 bridgehead atoms. The average Bonchev–Trinajstić information content (AvgIpc) is 2.20. The van der Waals surface area contributed by atoms with E-state index >= 15 is 0 Å². The lowest BCUT2D eigenvalue weighted by Crippen LogP contribution is -2.20. The summed E-state index contributed by atoms with van der Waals surface area (Å²) in [5.41, 5.74) is 1.45. The SMILES string of the molecule is Cc1cccc2c(=O)n(CO)cnc12. The summed E-state index contributed by atoms with van der Waals surface area (Å²) >= 11 is 0. The molecular weight excluding hydrogens is 180 g/mol. The normalized spacial score (nSPS) is 10.7. The van der Waals surface area contributed by atoms with Gasteiger partial charge in [-0.2, -0.15) is 0 Å². The quantitative estimate of drug-likeness (QED) is 0.718. The maximum Gasteiger partial charge on any atom is 0.263 e. The van der Waals surface area contributed by atoms with Gasteiger partial charge in [-0.15, -0.1) is 0 Å². The van der Waals surface area contributed by atoms with Crippen molar-refractivity contribution in [2.24, 2.45) is 0 Å². The maximum atomic E-state index is 11.7. The molecule has 4 nitrogen and oxygen atoms in total. The van der Waals surface area contributed by atoms with Crippen LogP contribution in [0.5, 0.6) is 0 Å². The molecule has 14 heavy (non-hydrogen) atoms. The van der Waals surface area contributed by atoms with Crippen LogP contribution in [0, 0.1) is 6.92 Å². The Bertz CT molecular complexity index is 531. The number of nitrogens with zero attached hydrogens (tertiary/aromatic N) is 2. The number of fused-ring (bicyclic) bond motifs is 1. The summed E-state index contributed by atoms with van der Waals surface area (Å²) in [6, 6.07) is 5.42. The second-order valence-electron chi connectivity index (χ2n) is 3.13. The Morgan fingerprint density at radius 1 is 1.50 bits per heavy atom. The van der Waals surface area contributed by atoms with Crippen molar-refractivity contribution in [2.75, 3.05) is 0 Å². The standard InChI is InChI=1S/C10H10N2O2/c1-7-3-2-4-8-9(7)11-5-12(6-13)10(8)14/h2-5,13H,6H2,1H3. The second kappa shape index (κ2) is 3.23. The molecule has 2 rings (SSSR count). The van der Waals surface area contributed by atoms with Gasteiger partial charge in [0.05, 0.1) is 10.9 Å². The molecule has 0 spiro atoms. The number of benzene rings is 1. The zero-order chi connectivity index (χ0) is 10.1. The molecule has 0 saturated carbocycles. The van der Waals surface area contributed by atoms with E-state index in [4.69, 9.17) is 5.11 Å². The summed E-state index contributed by atoms with van der Waals surface area (Å²) in [6.45, 7) is 1.56. The predicted octanol–water partition coefficient (Wildman–Crippen LogP) is 0.655. The minimum absolute atomic E-state index is 0.207. The van der Waals surface area contributed by atoms with Crippen LogP contribution in [-0.4, -0.2) is 14.7 Å². The molecule has 0 aliphatic carbocycles. The number of aliphatic hydroxyl groups is 1. The van der Waals surface area contributed by atoms with Gasteiger partial charge in [-0.05, 0) is 18.6 Å². The monoisotopic (exact) mass is 190 g/mol. The maximum absolute atomic E-state index is 11.7. The minimum Gasteiger partial charge on any atom is -0.376 e. The highest BCUT2D eigenvalue weighted by atomic mass is 16.3. The Labute approximate surface area is 80.4 Å². The van der Waals surface area contributed by atoms with Gasteiger partial charge in [-0.1, -0.05) is 12.1 Å². The van der Waals surface area contributed by atoms with Gasteiger partial charge in [0.2, 0.25) is 0 Å². The van der Waals surface area contributed by atoms with E-state index in [1.165, 1.54) is 10.9 Å². The fraction of sp³-hybridized carbons (Fsp3) is 0.200. The number of hydrogen-bond acceptors (Lipinski definition) is 3. The molecule has 4 heteroatoms. The highest BCUT2D eigenvalue weighted by Crippen LogP contribution is 2.10. The number of aromatic nitrogens is 2. The van der Waals surface area contributed by atoms with Crippen molar-refractivity contribution in [1.82, 2.24) is 9.55 Å². The molecule has 0 radical (unpaired) electrons. The molecule has 0 amide bonds. The molecule has 0 unspecified atom stereocenters. The minimum atomic E-state index is -0.338. The van der Waals surface area contributed by atoms with Crippen LogP contribution in [0.1, 0.15) is 5.56 Å². The van der Waals surface area contributed by atoms with Crippen LogP contribution in [0.3, 0.4) is 0 Å². The number of rotatable bonds is 1. The fourth-order valence-electron chi connectivity index (χ4n) is 1.44. The summed E-state index contributed by atoms with van der Waals surface area (Å²) in [5.74, 6) is 0. The molecular formula is C10H10N2O2. The van der Waals surface area contributed by atoms with Crippen LogP contribution in [0.4, 0.5) is 0 Å². The molecule has 1 N–H and O–H groups in total.